The van der Waals surface area contributed by atoms with E-state index in [0.29, 0.717) is 12.2 Å². The molecule has 6 heteroatoms. The number of aliphatic hydroxyl groups is 1. The molecule has 2 amide bonds. The molecule has 2 aromatic carbocycles. The van der Waals surface area contributed by atoms with Crippen molar-refractivity contribution in [3.63, 3.8) is 0 Å². The first-order valence-electron chi connectivity index (χ1n) is 6.95. The highest BCUT2D eigenvalue weighted by Gasteiger charge is 2.07. The molecule has 0 unspecified atom stereocenters. The van der Waals surface area contributed by atoms with E-state index in [1.807, 2.05) is 42.5 Å². The van der Waals surface area contributed by atoms with Gasteiger partial charge in [-0.25, -0.2) is 4.79 Å². The summed E-state index contributed by atoms with van der Waals surface area (Å²) >= 11 is 0. The number of fused-ring (bicyclic) bond motifs is 1. The van der Waals surface area contributed by atoms with Crippen LogP contribution in [0.5, 0.6) is 0 Å². The van der Waals surface area contributed by atoms with E-state index in [1.54, 1.807) is 17.1 Å². The van der Waals surface area contributed by atoms with Gasteiger partial charge in [0.1, 0.15) is 0 Å². The van der Waals surface area contributed by atoms with Gasteiger partial charge in [-0.15, -0.1) is 0 Å². The minimum atomic E-state index is -0.333. The third-order valence-corrected chi connectivity index (χ3v) is 3.26. The number of nitrogens with zero attached hydrogens (tertiary/aromatic N) is 2. The van der Waals surface area contributed by atoms with Crippen LogP contribution >= 0.6 is 0 Å². The molecule has 0 aliphatic rings. The SMILES string of the molecule is O=C(Nc1cnn(CCO)c1)Nc1cccc2ccccc12. The van der Waals surface area contributed by atoms with Crippen LogP contribution in [-0.2, 0) is 6.54 Å². The van der Waals surface area contributed by atoms with Gasteiger partial charge in [-0.1, -0.05) is 36.4 Å². The van der Waals surface area contributed by atoms with E-state index < -0.39 is 0 Å². The van der Waals surface area contributed by atoms with Crippen LogP contribution in [-0.4, -0.2) is 27.5 Å². The molecule has 0 fully saturated rings. The van der Waals surface area contributed by atoms with E-state index in [2.05, 4.69) is 15.7 Å². The molecule has 0 bridgehead atoms. The standard InChI is InChI=1S/C16H16N4O2/c21-9-8-20-11-13(10-17-20)18-16(22)19-15-7-3-5-12-4-1-2-6-14(12)15/h1-7,10-11,21H,8-9H2,(H2,18,19,22). The summed E-state index contributed by atoms with van der Waals surface area (Å²) in [5.74, 6) is 0. The lowest BCUT2D eigenvalue weighted by Gasteiger charge is -2.09. The van der Waals surface area contributed by atoms with Crippen molar-refractivity contribution in [1.29, 1.82) is 0 Å². The smallest absolute Gasteiger partial charge is 0.323 e. The Bertz CT molecular complexity index is 792. The molecule has 1 aromatic heterocycles. The van der Waals surface area contributed by atoms with Crippen molar-refractivity contribution >= 4 is 28.2 Å². The third kappa shape index (κ3) is 3.07. The summed E-state index contributed by atoms with van der Waals surface area (Å²) in [6.07, 6.45) is 3.21. The third-order valence-electron chi connectivity index (χ3n) is 3.26. The maximum atomic E-state index is 12.1. The summed E-state index contributed by atoms with van der Waals surface area (Å²) in [6.45, 7) is 0.399. The van der Waals surface area contributed by atoms with Crippen LogP contribution in [0.2, 0.25) is 0 Å². The molecule has 0 aliphatic heterocycles. The quantitative estimate of drug-likeness (QED) is 0.692. The molecule has 0 spiro atoms. The lowest BCUT2D eigenvalue weighted by Crippen LogP contribution is -2.19. The molecule has 3 N–H and O–H groups in total. The number of hydrogen-bond donors (Lipinski definition) is 3. The minimum Gasteiger partial charge on any atom is -0.394 e. The second-order valence-electron chi connectivity index (χ2n) is 4.82. The maximum absolute atomic E-state index is 12.1. The van der Waals surface area contributed by atoms with Gasteiger partial charge in [0.05, 0.1) is 30.7 Å². The fourth-order valence-corrected chi connectivity index (χ4v) is 2.27. The zero-order chi connectivity index (χ0) is 15.4. The molecular formula is C16H16N4O2. The van der Waals surface area contributed by atoms with Crippen LogP contribution in [0.15, 0.2) is 54.9 Å². The molecule has 0 atom stereocenters. The van der Waals surface area contributed by atoms with Crippen LogP contribution in [0.25, 0.3) is 10.8 Å². The Morgan fingerprint density at radius 1 is 1.14 bits per heavy atom. The van der Waals surface area contributed by atoms with Crippen LogP contribution in [0, 0.1) is 0 Å². The van der Waals surface area contributed by atoms with Gasteiger partial charge in [-0.3, -0.25) is 4.68 Å². The summed E-state index contributed by atoms with van der Waals surface area (Å²) in [4.78, 5) is 12.1. The number of hydrogen-bond acceptors (Lipinski definition) is 3. The Morgan fingerprint density at radius 3 is 2.82 bits per heavy atom. The number of carbonyl (C=O) groups excluding carboxylic acids is 1. The molecular weight excluding hydrogens is 280 g/mol. The highest BCUT2D eigenvalue weighted by Crippen LogP contribution is 2.23. The summed E-state index contributed by atoms with van der Waals surface area (Å²) < 4.78 is 1.56. The first kappa shape index (κ1) is 14.1. The summed E-state index contributed by atoms with van der Waals surface area (Å²) in [5, 5.41) is 20.5. The Labute approximate surface area is 127 Å². The number of carbonyl (C=O) groups is 1. The van der Waals surface area contributed by atoms with E-state index in [1.165, 1.54) is 0 Å². The number of aromatic nitrogens is 2. The van der Waals surface area contributed by atoms with E-state index >= 15 is 0 Å². The molecule has 0 saturated heterocycles. The maximum Gasteiger partial charge on any atom is 0.323 e. The highest BCUT2D eigenvalue weighted by atomic mass is 16.3. The number of anilines is 2. The molecule has 1 heterocycles. The molecule has 0 saturated carbocycles. The van der Waals surface area contributed by atoms with Gasteiger partial charge < -0.3 is 15.7 Å². The first-order valence-corrected chi connectivity index (χ1v) is 6.95. The van der Waals surface area contributed by atoms with Crippen molar-refractivity contribution in [2.45, 2.75) is 6.54 Å². The number of benzene rings is 2. The van der Waals surface area contributed by atoms with Crippen molar-refractivity contribution in [1.82, 2.24) is 9.78 Å². The van der Waals surface area contributed by atoms with Crippen molar-refractivity contribution < 1.29 is 9.90 Å². The summed E-state index contributed by atoms with van der Waals surface area (Å²) in [5.41, 5.74) is 1.32. The number of rotatable bonds is 4. The molecule has 0 aliphatic carbocycles. The average Bonchev–Trinajstić information content (AvgIpc) is 2.95. The van der Waals surface area contributed by atoms with Crippen molar-refractivity contribution in [2.24, 2.45) is 0 Å². The van der Waals surface area contributed by atoms with Crippen molar-refractivity contribution in [2.75, 3.05) is 17.2 Å². The molecule has 22 heavy (non-hydrogen) atoms. The summed E-state index contributed by atoms with van der Waals surface area (Å²) in [7, 11) is 0. The lowest BCUT2D eigenvalue weighted by atomic mass is 10.1. The Kier molecular flexibility index (Phi) is 4.02. The largest absolute Gasteiger partial charge is 0.394 e. The van der Waals surface area contributed by atoms with Gasteiger partial charge in [-0.05, 0) is 11.5 Å². The van der Waals surface area contributed by atoms with E-state index in [4.69, 9.17) is 5.11 Å². The fourth-order valence-electron chi connectivity index (χ4n) is 2.27. The van der Waals surface area contributed by atoms with Gasteiger partial charge in [-0.2, -0.15) is 5.10 Å². The molecule has 3 aromatic rings. The molecule has 112 valence electrons. The average molecular weight is 296 g/mol. The predicted octanol–water partition coefficient (Wildman–Crippen LogP) is 2.67. The van der Waals surface area contributed by atoms with Crippen LogP contribution in [0.4, 0.5) is 16.2 Å². The fraction of sp³-hybridized carbons (Fsp3) is 0.125. The Morgan fingerprint density at radius 2 is 1.95 bits per heavy atom. The zero-order valence-corrected chi connectivity index (χ0v) is 11.9. The molecule has 3 rings (SSSR count). The predicted molar refractivity (Wildman–Crippen MR) is 85.9 cm³/mol. The molecule has 0 radical (unpaired) electrons. The van der Waals surface area contributed by atoms with Gasteiger partial charge >= 0.3 is 6.03 Å². The van der Waals surface area contributed by atoms with Crippen molar-refractivity contribution in [3.05, 3.63) is 54.9 Å². The molecule has 6 nitrogen and oxygen atoms in total. The Balaban J connectivity index is 1.72. The second kappa shape index (κ2) is 6.28. The number of nitrogens with one attached hydrogen (secondary N) is 2. The van der Waals surface area contributed by atoms with Crippen molar-refractivity contribution in [3.8, 4) is 0 Å². The van der Waals surface area contributed by atoms with Crippen LogP contribution in [0.3, 0.4) is 0 Å². The van der Waals surface area contributed by atoms with E-state index in [-0.39, 0.29) is 12.6 Å². The van der Waals surface area contributed by atoms with Gasteiger partial charge in [0, 0.05) is 11.6 Å². The second-order valence-corrected chi connectivity index (χ2v) is 4.82. The van der Waals surface area contributed by atoms with Gasteiger partial charge in [0.2, 0.25) is 0 Å². The van der Waals surface area contributed by atoms with E-state index in [9.17, 15) is 4.79 Å². The minimum absolute atomic E-state index is 0.00329. The summed E-state index contributed by atoms with van der Waals surface area (Å²) in [6, 6.07) is 13.3. The van der Waals surface area contributed by atoms with Gasteiger partial charge in [0.25, 0.3) is 0 Å². The van der Waals surface area contributed by atoms with E-state index in [0.717, 1.165) is 16.5 Å². The number of amides is 2. The normalized spacial score (nSPS) is 10.6. The monoisotopic (exact) mass is 296 g/mol. The Hall–Kier alpha value is -2.86. The first-order chi connectivity index (χ1) is 10.8. The highest BCUT2D eigenvalue weighted by molar-refractivity contribution is 6.06. The lowest BCUT2D eigenvalue weighted by molar-refractivity contribution is 0.262. The number of aliphatic hydroxyl groups excluding tert-OH is 1. The topological polar surface area (TPSA) is 79.2 Å². The zero-order valence-electron chi connectivity index (χ0n) is 11.9. The number of urea groups is 1. The van der Waals surface area contributed by atoms with Crippen LogP contribution in [0.1, 0.15) is 0 Å². The van der Waals surface area contributed by atoms with Crippen LogP contribution < -0.4 is 10.6 Å². The van der Waals surface area contributed by atoms with Gasteiger partial charge in [0.15, 0.2) is 0 Å².